The quantitative estimate of drug-likeness (QED) is 0.606. The van der Waals surface area contributed by atoms with Crippen molar-refractivity contribution in [2.24, 2.45) is 7.05 Å². The van der Waals surface area contributed by atoms with Crippen LogP contribution in [-0.2, 0) is 17.1 Å². The molecular weight excluding hydrogens is 386 g/mol. The molecule has 1 heterocycles. The summed E-state index contributed by atoms with van der Waals surface area (Å²) in [6.07, 6.45) is 4.45. The molecule has 1 aromatic heterocycles. The SMILES string of the molecule is CCC(C)c1ccc(S(=O)(=O)NC(c2ccc(OC)cc2)c2nccn2C)cc1. The maximum Gasteiger partial charge on any atom is 0.241 e. The van der Waals surface area contributed by atoms with Gasteiger partial charge in [0.25, 0.3) is 0 Å². The number of benzene rings is 2. The van der Waals surface area contributed by atoms with Gasteiger partial charge in [-0.05, 0) is 47.7 Å². The lowest BCUT2D eigenvalue weighted by atomic mass is 9.99. The van der Waals surface area contributed by atoms with Gasteiger partial charge >= 0.3 is 0 Å². The number of nitrogens with zero attached hydrogens (tertiary/aromatic N) is 2. The molecule has 0 aliphatic carbocycles. The van der Waals surface area contributed by atoms with Crippen LogP contribution in [-0.4, -0.2) is 25.1 Å². The van der Waals surface area contributed by atoms with Crippen molar-refractivity contribution < 1.29 is 13.2 Å². The Morgan fingerprint density at radius 2 is 1.69 bits per heavy atom. The van der Waals surface area contributed by atoms with Gasteiger partial charge in [0.15, 0.2) is 0 Å². The number of rotatable bonds is 8. The van der Waals surface area contributed by atoms with Crippen LogP contribution in [0, 0.1) is 0 Å². The number of ether oxygens (including phenoxy) is 1. The fourth-order valence-electron chi connectivity index (χ4n) is 3.16. The van der Waals surface area contributed by atoms with E-state index in [9.17, 15) is 8.42 Å². The molecule has 3 rings (SSSR count). The monoisotopic (exact) mass is 413 g/mol. The van der Waals surface area contributed by atoms with E-state index in [1.807, 2.05) is 35.9 Å². The van der Waals surface area contributed by atoms with Crippen LogP contribution in [0.1, 0.15) is 49.2 Å². The molecule has 0 saturated carbocycles. The van der Waals surface area contributed by atoms with Crippen LogP contribution in [0.15, 0.2) is 65.8 Å². The average molecular weight is 414 g/mol. The second-order valence-corrected chi connectivity index (χ2v) is 8.82. The van der Waals surface area contributed by atoms with Crippen LogP contribution in [0.4, 0.5) is 0 Å². The smallest absolute Gasteiger partial charge is 0.241 e. The average Bonchev–Trinajstić information content (AvgIpc) is 3.17. The van der Waals surface area contributed by atoms with Crippen LogP contribution >= 0.6 is 0 Å². The second-order valence-electron chi connectivity index (χ2n) is 7.10. The third-order valence-corrected chi connectivity index (χ3v) is 6.65. The Morgan fingerprint density at radius 3 is 2.21 bits per heavy atom. The Labute approximate surface area is 172 Å². The van der Waals surface area contributed by atoms with Gasteiger partial charge in [-0.3, -0.25) is 0 Å². The summed E-state index contributed by atoms with van der Waals surface area (Å²) >= 11 is 0. The summed E-state index contributed by atoms with van der Waals surface area (Å²) in [6, 6.07) is 13.7. The molecule has 2 atom stereocenters. The lowest BCUT2D eigenvalue weighted by Gasteiger charge is -2.20. The highest BCUT2D eigenvalue weighted by atomic mass is 32.2. The highest BCUT2D eigenvalue weighted by Gasteiger charge is 2.26. The third-order valence-electron chi connectivity index (χ3n) is 5.21. The minimum absolute atomic E-state index is 0.234. The molecule has 0 spiro atoms. The molecule has 3 aromatic rings. The molecule has 0 aliphatic heterocycles. The van der Waals surface area contributed by atoms with Crippen LogP contribution in [0.25, 0.3) is 0 Å². The molecule has 0 fully saturated rings. The normalized spacial score (nSPS) is 13.8. The van der Waals surface area contributed by atoms with E-state index < -0.39 is 16.1 Å². The number of nitrogens with one attached hydrogen (secondary N) is 1. The first-order valence-electron chi connectivity index (χ1n) is 9.59. The molecule has 0 saturated heterocycles. The summed E-state index contributed by atoms with van der Waals surface area (Å²) in [4.78, 5) is 4.60. The molecule has 154 valence electrons. The van der Waals surface area contributed by atoms with E-state index in [-0.39, 0.29) is 4.90 Å². The van der Waals surface area contributed by atoms with Crippen molar-refractivity contribution in [1.29, 1.82) is 0 Å². The van der Waals surface area contributed by atoms with Gasteiger partial charge in [-0.25, -0.2) is 13.4 Å². The number of aromatic nitrogens is 2. The Kier molecular flexibility index (Phi) is 6.39. The second kappa shape index (κ2) is 8.80. The highest BCUT2D eigenvalue weighted by Crippen LogP contribution is 2.26. The van der Waals surface area contributed by atoms with Gasteiger partial charge in [0, 0.05) is 19.4 Å². The minimum atomic E-state index is -3.75. The standard InChI is InChI=1S/C22H27N3O3S/c1-5-16(2)17-8-12-20(13-9-17)29(26,27)24-21(22-23-14-15-25(22)3)18-6-10-19(28-4)11-7-18/h6-16,21,24H,5H2,1-4H3. The first-order valence-corrected chi connectivity index (χ1v) is 11.1. The number of imidazole rings is 1. The number of sulfonamides is 1. The van der Waals surface area contributed by atoms with Crippen molar-refractivity contribution in [2.75, 3.05) is 7.11 Å². The molecule has 7 heteroatoms. The molecule has 6 nitrogen and oxygen atoms in total. The van der Waals surface area contributed by atoms with Gasteiger partial charge in [-0.1, -0.05) is 38.1 Å². The maximum absolute atomic E-state index is 13.1. The van der Waals surface area contributed by atoms with Crippen LogP contribution in [0.3, 0.4) is 0 Å². The molecule has 2 aromatic carbocycles. The fourth-order valence-corrected chi connectivity index (χ4v) is 4.34. The van der Waals surface area contributed by atoms with Gasteiger partial charge in [-0.2, -0.15) is 4.72 Å². The van der Waals surface area contributed by atoms with E-state index in [0.29, 0.717) is 17.5 Å². The third kappa shape index (κ3) is 4.68. The molecular formula is C22H27N3O3S. The molecule has 29 heavy (non-hydrogen) atoms. The van der Waals surface area contributed by atoms with Gasteiger partial charge in [0.2, 0.25) is 10.0 Å². The van der Waals surface area contributed by atoms with Crippen LogP contribution in [0.2, 0.25) is 0 Å². The van der Waals surface area contributed by atoms with Gasteiger partial charge in [-0.15, -0.1) is 0 Å². The number of hydrogen-bond acceptors (Lipinski definition) is 4. The van der Waals surface area contributed by atoms with Crippen molar-refractivity contribution in [3.63, 3.8) is 0 Å². The number of hydrogen-bond donors (Lipinski definition) is 1. The lowest BCUT2D eigenvalue weighted by molar-refractivity contribution is 0.414. The fraction of sp³-hybridized carbons (Fsp3) is 0.318. The molecule has 2 unspecified atom stereocenters. The molecule has 0 bridgehead atoms. The lowest BCUT2D eigenvalue weighted by Crippen LogP contribution is -2.31. The van der Waals surface area contributed by atoms with Crippen LogP contribution in [0.5, 0.6) is 5.75 Å². The first kappa shape index (κ1) is 21.1. The first-order chi connectivity index (χ1) is 13.9. The van der Waals surface area contributed by atoms with Crippen molar-refractivity contribution in [1.82, 2.24) is 14.3 Å². The van der Waals surface area contributed by atoms with Crippen molar-refractivity contribution >= 4 is 10.0 Å². The summed E-state index contributed by atoms with van der Waals surface area (Å²) in [6.45, 7) is 4.24. The maximum atomic E-state index is 13.1. The van der Waals surface area contributed by atoms with E-state index in [0.717, 1.165) is 17.5 Å². The van der Waals surface area contributed by atoms with E-state index in [2.05, 4.69) is 23.6 Å². The predicted molar refractivity (Wildman–Crippen MR) is 114 cm³/mol. The molecule has 0 amide bonds. The molecule has 1 N–H and O–H groups in total. The Balaban J connectivity index is 1.95. The van der Waals surface area contributed by atoms with Crippen molar-refractivity contribution in [3.8, 4) is 5.75 Å². The summed E-state index contributed by atoms with van der Waals surface area (Å²) in [5, 5.41) is 0. The zero-order valence-electron chi connectivity index (χ0n) is 17.2. The Hall–Kier alpha value is -2.64. The van der Waals surface area contributed by atoms with Gasteiger partial charge in [0.05, 0.1) is 12.0 Å². The summed E-state index contributed by atoms with van der Waals surface area (Å²) in [5.74, 6) is 1.70. The minimum Gasteiger partial charge on any atom is -0.497 e. The number of aryl methyl sites for hydroxylation is 1. The van der Waals surface area contributed by atoms with E-state index >= 15 is 0 Å². The largest absolute Gasteiger partial charge is 0.497 e. The molecule has 0 aliphatic rings. The zero-order chi connectivity index (χ0) is 21.0. The highest BCUT2D eigenvalue weighted by molar-refractivity contribution is 7.89. The van der Waals surface area contributed by atoms with Gasteiger partial charge < -0.3 is 9.30 Å². The van der Waals surface area contributed by atoms with E-state index in [4.69, 9.17) is 4.74 Å². The molecule has 0 radical (unpaired) electrons. The Morgan fingerprint density at radius 1 is 1.07 bits per heavy atom. The van der Waals surface area contributed by atoms with Gasteiger partial charge in [0.1, 0.15) is 17.6 Å². The van der Waals surface area contributed by atoms with Crippen molar-refractivity contribution in [2.45, 2.75) is 37.1 Å². The topological polar surface area (TPSA) is 73.2 Å². The van der Waals surface area contributed by atoms with Crippen LogP contribution < -0.4 is 9.46 Å². The zero-order valence-corrected chi connectivity index (χ0v) is 18.0. The number of methoxy groups -OCH3 is 1. The van der Waals surface area contributed by atoms with E-state index in [1.54, 1.807) is 43.8 Å². The predicted octanol–water partition coefficient (Wildman–Crippen LogP) is 4.01. The summed E-state index contributed by atoms with van der Waals surface area (Å²) < 4.78 is 36.1. The summed E-state index contributed by atoms with van der Waals surface area (Å²) in [5.41, 5.74) is 1.90. The Bertz CT molecular complexity index is 1040. The summed E-state index contributed by atoms with van der Waals surface area (Å²) in [7, 11) is -0.314. The van der Waals surface area contributed by atoms with Crippen molar-refractivity contribution in [3.05, 3.63) is 77.9 Å². The van der Waals surface area contributed by atoms with E-state index in [1.165, 1.54) is 0 Å².